The van der Waals surface area contributed by atoms with Gasteiger partial charge in [0.15, 0.2) is 0 Å². The third kappa shape index (κ3) is 2.45. The first kappa shape index (κ1) is 13.2. The Morgan fingerprint density at radius 2 is 2.15 bits per heavy atom. The highest BCUT2D eigenvalue weighted by molar-refractivity contribution is 5.71. The smallest absolute Gasteiger partial charge is 0.410 e. The van der Waals surface area contributed by atoms with Crippen molar-refractivity contribution in [2.45, 2.75) is 24.9 Å². The average Bonchev–Trinajstić information content (AvgIpc) is 3.12. The molecule has 0 bridgehead atoms. The Morgan fingerprint density at radius 3 is 2.80 bits per heavy atom. The van der Waals surface area contributed by atoms with Gasteiger partial charge in [-0.15, -0.1) is 0 Å². The number of amides is 1. The second-order valence-electron chi connectivity index (χ2n) is 5.44. The molecule has 108 valence electrons. The van der Waals surface area contributed by atoms with Crippen LogP contribution in [0.1, 0.15) is 12.0 Å². The van der Waals surface area contributed by atoms with Crippen LogP contribution in [0.3, 0.4) is 0 Å². The Labute approximate surface area is 118 Å². The van der Waals surface area contributed by atoms with Crippen molar-refractivity contribution in [2.75, 3.05) is 20.3 Å². The Bertz CT molecular complexity index is 487. The highest BCUT2D eigenvalue weighted by Gasteiger charge is 2.49. The summed E-state index contributed by atoms with van der Waals surface area (Å²) in [5.41, 5.74) is 1.24. The molecule has 2 aliphatic rings. The molecule has 1 N–H and O–H groups in total. The number of hydrogen-bond acceptors (Lipinski definition) is 4. The average molecular weight is 277 g/mol. The van der Waals surface area contributed by atoms with Gasteiger partial charge in [0.05, 0.1) is 19.8 Å². The van der Waals surface area contributed by atoms with Crippen LogP contribution in [0, 0.1) is 5.92 Å². The summed E-state index contributed by atoms with van der Waals surface area (Å²) in [6, 6.07) is 8.05. The van der Waals surface area contributed by atoms with E-state index in [2.05, 4.69) is 12.1 Å². The minimum Gasteiger partial charge on any atom is -0.497 e. The van der Waals surface area contributed by atoms with Crippen LogP contribution in [0.5, 0.6) is 5.75 Å². The van der Waals surface area contributed by atoms with Gasteiger partial charge in [0.2, 0.25) is 0 Å². The number of benzene rings is 1. The number of carbonyl (C=O) groups is 1. The quantitative estimate of drug-likeness (QED) is 0.884. The van der Waals surface area contributed by atoms with E-state index in [0.29, 0.717) is 12.5 Å². The van der Waals surface area contributed by atoms with Crippen LogP contribution in [0.2, 0.25) is 0 Å². The summed E-state index contributed by atoms with van der Waals surface area (Å²) < 4.78 is 10.1. The van der Waals surface area contributed by atoms with Crippen molar-refractivity contribution in [3.05, 3.63) is 29.8 Å². The van der Waals surface area contributed by atoms with Crippen LogP contribution < -0.4 is 4.74 Å². The summed E-state index contributed by atoms with van der Waals surface area (Å²) in [6.45, 7) is 0.276. The molecule has 2 fully saturated rings. The molecule has 1 aliphatic heterocycles. The lowest BCUT2D eigenvalue weighted by Gasteiger charge is -2.19. The molecular weight excluding hydrogens is 258 g/mol. The summed E-state index contributed by atoms with van der Waals surface area (Å²) in [5, 5.41) is 9.28. The minimum atomic E-state index is -0.286. The molecule has 0 spiro atoms. The maximum absolute atomic E-state index is 11.7. The Balaban J connectivity index is 1.59. The molecule has 5 nitrogen and oxygen atoms in total. The first-order chi connectivity index (χ1) is 9.72. The van der Waals surface area contributed by atoms with E-state index in [0.717, 1.165) is 18.6 Å². The molecule has 1 aromatic rings. The normalized spacial score (nSPS) is 28.4. The minimum absolute atomic E-state index is 0.0303. The van der Waals surface area contributed by atoms with Gasteiger partial charge in [0.1, 0.15) is 12.4 Å². The second-order valence-corrected chi connectivity index (χ2v) is 5.44. The number of nitrogens with zero attached hydrogens (tertiary/aromatic N) is 1. The Morgan fingerprint density at radius 1 is 1.40 bits per heavy atom. The number of aliphatic hydroxyl groups is 1. The summed E-state index contributed by atoms with van der Waals surface area (Å²) in [5.74, 6) is 1.31. The number of methoxy groups -OCH3 is 1. The van der Waals surface area contributed by atoms with Gasteiger partial charge in [0.25, 0.3) is 0 Å². The molecule has 5 heteroatoms. The first-order valence-electron chi connectivity index (χ1n) is 6.92. The third-order valence-corrected chi connectivity index (χ3v) is 4.11. The van der Waals surface area contributed by atoms with Crippen molar-refractivity contribution in [2.24, 2.45) is 5.92 Å². The number of rotatable bonds is 5. The van der Waals surface area contributed by atoms with Gasteiger partial charge >= 0.3 is 6.09 Å². The Kier molecular flexibility index (Phi) is 3.53. The SMILES string of the molecule is COc1ccc(C[C@@H]2C[C@H]2N2C(=O)OC[C@H]2CO)cc1. The molecule has 0 unspecified atom stereocenters. The summed E-state index contributed by atoms with van der Waals surface area (Å²) in [6.07, 6.45) is 1.64. The van der Waals surface area contributed by atoms with Gasteiger partial charge in [-0.3, -0.25) is 4.90 Å². The lowest BCUT2D eigenvalue weighted by molar-refractivity contribution is 0.148. The van der Waals surface area contributed by atoms with Crippen LogP contribution in [0.25, 0.3) is 0 Å². The maximum atomic E-state index is 11.7. The molecule has 1 amide bonds. The van der Waals surface area contributed by atoms with E-state index in [1.54, 1.807) is 12.0 Å². The van der Waals surface area contributed by atoms with E-state index in [1.165, 1.54) is 5.56 Å². The molecule has 3 atom stereocenters. The summed E-state index contributed by atoms with van der Waals surface area (Å²) in [4.78, 5) is 13.4. The van der Waals surface area contributed by atoms with Crippen LogP contribution in [0.4, 0.5) is 4.79 Å². The molecule has 1 heterocycles. The van der Waals surface area contributed by atoms with E-state index < -0.39 is 0 Å². The molecule has 0 radical (unpaired) electrons. The third-order valence-electron chi connectivity index (χ3n) is 4.11. The van der Waals surface area contributed by atoms with Crippen molar-refractivity contribution >= 4 is 6.09 Å². The zero-order chi connectivity index (χ0) is 14.1. The lowest BCUT2D eigenvalue weighted by atomic mass is 10.1. The first-order valence-corrected chi connectivity index (χ1v) is 6.92. The van der Waals surface area contributed by atoms with E-state index >= 15 is 0 Å². The fourth-order valence-electron chi connectivity index (χ4n) is 2.87. The van der Waals surface area contributed by atoms with Crippen molar-refractivity contribution in [3.63, 3.8) is 0 Å². The van der Waals surface area contributed by atoms with Crippen LogP contribution in [0.15, 0.2) is 24.3 Å². The van der Waals surface area contributed by atoms with Crippen LogP contribution in [-0.4, -0.2) is 48.5 Å². The largest absolute Gasteiger partial charge is 0.497 e. The lowest BCUT2D eigenvalue weighted by Crippen LogP contribution is -2.38. The van der Waals surface area contributed by atoms with Crippen LogP contribution in [-0.2, 0) is 11.2 Å². The molecule has 20 heavy (non-hydrogen) atoms. The predicted molar refractivity (Wildman–Crippen MR) is 72.7 cm³/mol. The van der Waals surface area contributed by atoms with Crippen LogP contribution >= 0.6 is 0 Å². The van der Waals surface area contributed by atoms with Crippen molar-refractivity contribution in [1.82, 2.24) is 4.90 Å². The molecule has 3 rings (SSSR count). The van der Waals surface area contributed by atoms with E-state index in [1.807, 2.05) is 12.1 Å². The topological polar surface area (TPSA) is 59.0 Å². The summed E-state index contributed by atoms with van der Waals surface area (Å²) in [7, 11) is 1.65. The van der Waals surface area contributed by atoms with Crippen molar-refractivity contribution in [1.29, 1.82) is 0 Å². The van der Waals surface area contributed by atoms with Gasteiger partial charge in [-0.05, 0) is 36.5 Å². The molecule has 1 saturated carbocycles. The van der Waals surface area contributed by atoms with Crippen molar-refractivity contribution in [3.8, 4) is 5.75 Å². The number of ether oxygens (including phenoxy) is 2. The highest BCUT2D eigenvalue weighted by atomic mass is 16.6. The fraction of sp³-hybridized carbons (Fsp3) is 0.533. The molecule has 1 aliphatic carbocycles. The second kappa shape index (κ2) is 5.32. The van der Waals surface area contributed by atoms with Gasteiger partial charge in [-0.1, -0.05) is 12.1 Å². The van der Waals surface area contributed by atoms with Crippen molar-refractivity contribution < 1.29 is 19.4 Å². The monoisotopic (exact) mass is 277 g/mol. The van der Waals surface area contributed by atoms with E-state index in [-0.39, 0.29) is 24.8 Å². The fourth-order valence-corrected chi connectivity index (χ4v) is 2.87. The van der Waals surface area contributed by atoms with E-state index in [9.17, 15) is 9.90 Å². The number of cyclic esters (lactones) is 1. The van der Waals surface area contributed by atoms with Gasteiger partial charge in [0, 0.05) is 6.04 Å². The van der Waals surface area contributed by atoms with Gasteiger partial charge in [-0.2, -0.15) is 0 Å². The van der Waals surface area contributed by atoms with E-state index in [4.69, 9.17) is 9.47 Å². The zero-order valence-corrected chi connectivity index (χ0v) is 11.5. The zero-order valence-electron chi connectivity index (χ0n) is 11.5. The number of carbonyl (C=O) groups excluding carboxylic acids is 1. The Hall–Kier alpha value is -1.75. The molecule has 1 saturated heterocycles. The number of aliphatic hydroxyl groups excluding tert-OH is 1. The highest BCUT2D eigenvalue weighted by Crippen LogP contribution is 2.41. The summed E-state index contributed by atoms with van der Waals surface area (Å²) >= 11 is 0. The molecule has 1 aromatic carbocycles. The van der Waals surface area contributed by atoms with Gasteiger partial charge in [-0.25, -0.2) is 4.79 Å². The maximum Gasteiger partial charge on any atom is 0.410 e. The molecular formula is C15H19NO4. The number of hydrogen-bond donors (Lipinski definition) is 1. The molecule has 0 aromatic heterocycles. The van der Waals surface area contributed by atoms with Gasteiger partial charge < -0.3 is 14.6 Å². The predicted octanol–water partition coefficient (Wildman–Crippen LogP) is 1.44. The standard InChI is InChI=1S/C15H19NO4/c1-19-13-4-2-10(3-5-13)6-11-7-14(11)16-12(8-17)9-20-15(16)18/h2-5,11-12,14,17H,6-9H2,1H3/t11-,12-,14-/m1/s1.